The molecule has 210 valence electrons. The van der Waals surface area contributed by atoms with E-state index in [1.165, 1.54) is 116 Å². The molecular formula is C32H53BrN2O2. The van der Waals surface area contributed by atoms with Gasteiger partial charge in [0.05, 0.1) is 22.1 Å². The lowest BCUT2D eigenvalue weighted by Crippen LogP contribution is -2.21. The Labute approximate surface area is 235 Å². The average Bonchev–Trinajstić information content (AvgIpc) is 2.90. The highest BCUT2D eigenvalue weighted by atomic mass is 79.9. The van der Waals surface area contributed by atoms with Crippen molar-refractivity contribution >= 4 is 27.0 Å². The molecule has 5 heteroatoms. The van der Waals surface area contributed by atoms with Gasteiger partial charge in [-0.1, -0.05) is 129 Å². The smallest absolute Gasteiger partial charge is 0.265 e. The van der Waals surface area contributed by atoms with Crippen LogP contribution in [0.1, 0.15) is 142 Å². The zero-order valence-electron chi connectivity index (χ0n) is 23.9. The molecule has 0 radical (unpaired) electrons. The van der Waals surface area contributed by atoms with Gasteiger partial charge in [-0.25, -0.2) is 4.98 Å². The number of halogens is 1. The van der Waals surface area contributed by atoms with Gasteiger partial charge >= 0.3 is 0 Å². The summed E-state index contributed by atoms with van der Waals surface area (Å²) in [4.78, 5) is 17.5. The van der Waals surface area contributed by atoms with Crippen molar-refractivity contribution in [1.29, 1.82) is 0 Å². The molecule has 0 saturated heterocycles. The molecule has 0 saturated carbocycles. The second kappa shape index (κ2) is 20.6. The van der Waals surface area contributed by atoms with E-state index in [1.54, 1.807) is 0 Å². The quantitative estimate of drug-likeness (QED) is 0.123. The molecule has 0 unspecified atom stereocenters. The Morgan fingerprint density at radius 2 is 1.19 bits per heavy atom. The molecule has 0 aliphatic heterocycles. The molecule has 0 N–H and O–H groups in total. The molecule has 37 heavy (non-hydrogen) atoms. The average molecular weight is 578 g/mol. The zero-order valence-corrected chi connectivity index (χ0v) is 25.5. The number of aromatic nitrogens is 2. The molecule has 0 bridgehead atoms. The molecule has 0 atom stereocenters. The Morgan fingerprint density at radius 1 is 0.703 bits per heavy atom. The fourth-order valence-electron chi connectivity index (χ4n) is 5.03. The normalized spacial score (nSPS) is 11.4. The van der Waals surface area contributed by atoms with Crippen molar-refractivity contribution in [2.75, 3.05) is 6.61 Å². The van der Waals surface area contributed by atoms with Gasteiger partial charge in [-0.2, -0.15) is 0 Å². The van der Waals surface area contributed by atoms with E-state index in [2.05, 4.69) is 29.8 Å². The first-order valence-electron chi connectivity index (χ1n) is 15.5. The number of hydrogen-bond donors (Lipinski definition) is 0. The number of nitrogens with zero attached hydrogens (tertiary/aromatic N) is 2. The fourth-order valence-corrected chi connectivity index (χ4v) is 5.46. The molecule has 2 aromatic heterocycles. The van der Waals surface area contributed by atoms with Gasteiger partial charge in [-0.15, -0.1) is 0 Å². The number of pyridine rings is 2. The maximum absolute atomic E-state index is 12.8. The topological polar surface area (TPSA) is 44.1 Å². The highest BCUT2D eigenvalue weighted by molar-refractivity contribution is 9.10. The third-order valence-electron chi connectivity index (χ3n) is 7.36. The fraction of sp³-hybridized carbons (Fsp3) is 0.750. The summed E-state index contributed by atoms with van der Waals surface area (Å²) in [5.74, 6) is 0.652. The summed E-state index contributed by atoms with van der Waals surface area (Å²) >= 11 is 3.46. The van der Waals surface area contributed by atoms with Crippen LogP contribution < -0.4 is 10.3 Å². The maximum atomic E-state index is 12.8. The first-order valence-corrected chi connectivity index (χ1v) is 16.3. The molecule has 0 amide bonds. The predicted octanol–water partition coefficient (Wildman–Crippen LogP) is 10.4. The molecule has 0 aliphatic rings. The van der Waals surface area contributed by atoms with Gasteiger partial charge in [0, 0.05) is 12.6 Å². The second-order valence-electron chi connectivity index (χ2n) is 10.7. The van der Waals surface area contributed by atoms with Crippen molar-refractivity contribution in [3.05, 3.63) is 33.0 Å². The summed E-state index contributed by atoms with van der Waals surface area (Å²) in [6.45, 7) is 5.98. The summed E-state index contributed by atoms with van der Waals surface area (Å²) in [5.41, 5.74) is 1.75. The standard InChI is InChI=1S/C32H53BrN2O2/c1-3-5-7-9-11-13-15-17-19-21-25-35-30-23-24-31(34-29(30)27-28(33)32(35)36)37-26-22-20-18-16-14-12-10-8-6-4-2/h23-24,27H,3-22,25-26H2,1-2H3. The Morgan fingerprint density at radius 3 is 1.73 bits per heavy atom. The summed E-state index contributed by atoms with van der Waals surface area (Å²) < 4.78 is 8.40. The van der Waals surface area contributed by atoms with Gasteiger partial charge in [-0.3, -0.25) is 4.79 Å². The van der Waals surface area contributed by atoms with Crippen molar-refractivity contribution in [3.63, 3.8) is 0 Å². The van der Waals surface area contributed by atoms with Crippen molar-refractivity contribution in [3.8, 4) is 5.88 Å². The highest BCUT2D eigenvalue weighted by Crippen LogP contribution is 2.20. The van der Waals surface area contributed by atoms with Gasteiger partial charge < -0.3 is 9.30 Å². The summed E-state index contributed by atoms with van der Waals surface area (Å²) in [6.07, 6.45) is 26.1. The molecule has 0 aromatic carbocycles. The minimum absolute atomic E-state index is 0.0317. The minimum atomic E-state index is 0.0317. The van der Waals surface area contributed by atoms with Crippen LogP contribution in [0.3, 0.4) is 0 Å². The van der Waals surface area contributed by atoms with Crippen LogP contribution in [0.15, 0.2) is 27.5 Å². The molecule has 2 heterocycles. The van der Waals surface area contributed by atoms with E-state index in [4.69, 9.17) is 9.72 Å². The van der Waals surface area contributed by atoms with Crippen molar-refractivity contribution < 1.29 is 4.74 Å². The van der Waals surface area contributed by atoms with E-state index in [0.29, 0.717) is 17.0 Å². The van der Waals surface area contributed by atoms with E-state index in [1.807, 2.05) is 22.8 Å². The highest BCUT2D eigenvalue weighted by Gasteiger charge is 2.10. The van der Waals surface area contributed by atoms with Crippen LogP contribution in [0.2, 0.25) is 0 Å². The van der Waals surface area contributed by atoms with E-state index in [9.17, 15) is 4.79 Å². The lowest BCUT2D eigenvalue weighted by atomic mass is 10.1. The van der Waals surface area contributed by atoms with Crippen LogP contribution >= 0.6 is 15.9 Å². The Kier molecular flexibility index (Phi) is 17.7. The number of ether oxygens (including phenoxy) is 1. The second-order valence-corrected chi connectivity index (χ2v) is 11.6. The molecule has 0 fully saturated rings. The number of rotatable bonds is 23. The van der Waals surface area contributed by atoms with Crippen LogP contribution in [0.5, 0.6) is 5.88 Å². The van der Waals surface area contributed by atoms with Gasteiger partial charge in [0.1, 0.15) is 0 Å². The lowest BCUT2D eigenvalue weighted by Gasteiger charge is -2.12. The number of fused-ring (bicyclic) bond motifs is 1. The van der Waals surface area contributed by atoms with E-state index in [0.717, 1.165) is 30.4 Å². The van der Waals surface area contributed by atoms with Gasteiger partial charge in [0.15, 0.2) is 0 Å². The van der Waals surface area contributed by atoms with Crippen LogP contribution in [0.4, 0.5) is 0 Å². The first-order chi connectivity index (χ1) is 18.2. The molecule has 0 spiro atoms. The summed E-state index contributed by atoms with van der Waals surface area (Å²) in [7, 11) is 0. The largest absolute Gasteiger partial charge is 0.478 e. The Hall–Kier alpha value is -1.36. The van der Waals surface area contributed by atoms with E-state index >= 15 is 0 Å². The molecule has 0 aliphatic carbocycles. The van der Waals surface area contributed by atoms with Crippen LogP contribution in [0.25, 0.3) is 11.0 Å². The van der Waals surface area contributed by atoms with E-state index < -0.39 is 0 Å². The van der Waals surface area contributed by atoms with Crippen LogP contribution in [0, 0.1) is 0 Å². The molecule has 2 rings (SSSR count). The lowest BCUT2D eigenvalue weighted by molar-refractivity contribution is 0.294. The Bertz CT molecular complexity index is 912. The number of aryl methyl sites for hydroxylation is 1. The van der Waals surface area contributed by atoms with Crippen molar-refractivity contribution in [2.45, 2.75) is 149 Å². The molecular weight excluding hydrogens is 524 g/mol. The monoisotopic (exact) mass is 576 g/mol. The summed E-state index contributed by atoms with van der Waals surface area (Å²) in [5, 5.41) is 0. The SMILES string of the molecule is CCCCCCCCCCCCOc1ccc2c(cc(Br)c(=O)n2CCCCCCCCCCCC)n1. The minimum Gasteiger partial charge on any atom is -0.478 e. The molecule has 4 nitrogen and oxygen atoms in total. The molecule has 2 aromatic rings. The maximum Gasteiger partial charge on any atom is 0.265 e. The van der Waals surface area contributed by atoms with Gasteiger partial charge in [0.2, 0.25) is 5.88 Å². The summed E-state index contributed by atoms with van der Waals surface area (Å²) in [6, 6.07) is 5.75. The third kappa shape index (κ3) is 13.3. The number of hydrogen-bond acceptors (Lipinski definition) is 3. The van der Waals surface area contributed by atoms with Gasteiger partial charge in [-0.05, 0) is 40.9 Å². The van der Waals surface area contributed by atoms with Gasteiger partial charge in [0.25, 0.3) is 5.56 Å². The zero-order chi connectivity index (χ0) is 26.6. The number of unbranched alkanes of at least 4 members (excludes halogenated alkanes) is 18. The first kappa shape index (κ1) is 31.9. The third-order valence-corrected chi connectivity index (χ3v) is 7.93. The van der Waals surface area contributed by atoms with Crippen molar-refractivity contribution in [2.24, 2.45) is 0 Å². The van der Waals surface area contributed by atoms with E-state index in [-0.39, 0.29) is 5.56 Å². The Balaban J connectivity index is 1.70. The van der Waals surface area contributed by atoms with Crippen LogP contribution in [-0.4, -0.2) is 16.2 Å². The van der Waals surface area contributed by atoms with Crippen LogP contribution in [-0.2, 0) is 6.54 Å². The van der Waals surface area contributed by atoms with Crippen molar-refractivity contribution in [1.82, 2.24) is 9.55 Å². The predicted molar refractivity (Wildman–Crippen MR) is 163 cm³/mol.